The van der Waals surface area contributed by atoms with Crippen molar-refractivity contribution in [3.8, 4) is 0 Å². The Balaban J connectivity index is 1.94. The third-order valence-corrected chi connectivity index (χ3v) is 3.37. The zero-order chi connectivity index (χ0) is 10.8. The van der Waals surface area contributed by atoms with Crippen LogP contribution in [0.1, 0.15) is 0 Å². The fourth-order valence-corrected chi connectivity index (χ4v) is 2.48. The topological polar surface area (TPSA) is 28.7 Å². The molecule has 3 aromatic rings. The van der Waals surface area contributed by atoms with Gasteiger partial charge in [0, 0.05) is 9.79 Å². The fourth-order valence-electron chi connectivity index (χ4n) is 1.60. The largest absolute Gasteiger partial charge is 0.345 e. The Bertz CT molecular complexity index is 601. The van der Waals surface area contributed by atoms with Gasteiger partial charge in [-0.3, -0.25) is 0 Å². The lowest BCUT2D eigenvalue weighted by Crippen LogP contribution is -1.74. The Hall–Kier alpha value is -1.74. The van der Waals surface area contributed by atoms with E-state index in [9.17, 15) is 0 Å². The van der Waals surface area contributed by atoms with Crippen molar-refractivity contribution in [1.82, 2.24) is 9.97 Å². The lowest BCUT2D eigenvalue weighted by molar-refractivity contribution is 1.34. The number of H-pyrrole nitrogens is 1. The van der Waals surface area contributed by atoms with Gasteiger partial charge in [0.15, 0.2) is 0 Å². The second-order valence-corrected chi connectivity index (χ2v) is 4.64. The summed E-state index contributed by atoms with van der Waals surface area (Å²) in [6, 6.07) is 16.6. The first kappa shape index (κ1) is 9.48. The molecule has 0 bridgehead atoms. The highest BCUT2D eigenvalue weighted by Crippen LogP contribution is 2.28. The molecule has 3 heteroatoms. The minimum absolute atomic E-state index is 1.01. The van der Waals surface area contributed by atoms with E-state index >= 15 is 0 Å². The van der Waals surface area contributed by atoms with Crippen LogP contribution in [-0.4, -0.2) is 9.97 Å². The van der Waals surface area contributed by atoms with Crippen LogP contribution in [0.4, 0.5) is 0 Å². The average Bonchev–Trinajstić information content (AvgIpc) is 2.77. The van der Waals surface area contributed by atoms with Gasteiger partial charge in [0.1, 0.15) is 0 Å². The Morgan fingerprint density at radius 3 is 2.69 bits per heavy atom. The first-order chi connectivity index (χ1) is 7.92. The summed E-state index contributed by atoms with van der Waals surface area (Å²) in [6.45, 7) is 0. The van der Waals surface area contributed by atoms with Crippen molar-refractivity contribution in [3.05, 3.63) is 54.9 Å². The number of fused-ring (bicyclic) bond motifs is 1. The number of nitrogens with zero attached hydrogens (tertiary/aromatic N) is 1. The zero-order valence-electron chi connectivity index (χ0n) is 8.55. The molecule has 0 spiro atoms. The summed E-state index contributed by atoms with van der Waals surface area (Å²) in [4.78, 5) is 9.80. The van der Waals surface area contributed by atoms with E-state index in [0.29, 0.717) is 0 Å². The fraction of sp³-hybridized carbons (Fsp3) is 0. The maximum Gasteiger partial charge on any atom is 0.0931 e. The first-order valence-corrected chi connectivity index (χ1v) is 5.89. The average molecular weight is 226 g/mol. The van der Waals surface area contributed by atoms with Crippen LogP contribution in [0.25, 0.3) is 11.0 Å². The van der Waals surface area contributed by atoms with E-state index in [2.05, 4.69) is 46.4 Å². The number of rotatable bonds is 2. The number of aromatic nitrogens is 2. The smallest absolute Gasteiger partial charge is 0.0931 e. The first-order valence-electron chi connectivity index (χ1n) is 5.08. The van der Waals surface area contributed by atoms with Gasteiger partial charge < -0.3 is 4.98 Å². The summed E-state index contributed by atoms with van der Waals surface area (Å²) in [7, 11) is 0. The molecule has 1 N–H and O–H groups in total. The van der Waals surface area contributed by atoms with Gasteiger partial charge in [0.25, 0.3) is 0 Å². The summed E-state index contributed by atoms with van der Waals surface area (Å²) in [6.07, 6.45) is 1.72. The molecule has 1 heterocycles. The third kappa shape index (κ3) is 1.82. The summed E-state index contributed by atoms with van der Waals surface area (Å²) in [5, 5.41) is 0. The van der Waals surface area contributed by atoms with Gasteiger partial charge in [0.05, 0.1) is 17.4 Å². The molecule has 0 aliphatic rings. The second kappa shape index (κ2) is 4.02. The molecule has 0 saturated carbocycles. The van der Waals surface area contributed by atoms with Gasteiger partial charge in [-0.25, -0.2) is 4.98 Å². The highest BCUT2D eigenvalue weighted by atomic mass is 32.2. The molecule has 0 fully saturated rings. The second-order valence-electron chi connectivity index (χ2n) is 3.50. The molecule has 3 rings (SSSR count). The van der Waals surface area contributed by atoms with E-state index < -0.39 is 0 Å². The van der Waals surface area contributed by atoms with Crippen molar-refractivity contribution in [3.63, 3.8) is 0 Å². The molecular weight excluding hydrogens is 216 g/mol. The molecule has 0 radical (unpaired) electrons. The molecule has 0 atom stereocenters. The molecule has 0 saturated heterocycles. The van der Waals surface area contributed by atoms with Crippen molar-refractivity contribution in [2.45, 2.75) is 9.79 Å². The predicted molar refractivity (Wildman–Crippen MR) is 66.7 cm³/mol. The number of aromatic amines is 1. The quantitative estimate of drug-likeness (QED) is 0.721. The summed E-state index contributed by atoms with van der Waals surface area (Å²) in [5.74, 6) is 0. The van der Waals surface area contributed by atoms with Crippen molar-refractivity contribution in [1.29, 1.82) is 0 Å². The molecule has 0 unspecified atom stereocenters. The zero-order valence-corrected chi connectivity index (χ0v) is 9.37. The van der Waals surface area contributed by atoms with E-state index in [1.807, 2.05) is 12.1 Å². The molecule has 0 amide bonds. The lowest BCUT2D eigenvalue weighted by atomic mass is 10.3. The molecule has 2 aromatic carbocycles. The Morgan fingerprint density at radius 1 is 0.938 bits per heavy atom. The molecule has 2 nitrogen and oxygen atoms in total. The number of imidazole rings is 1. The van der Waals surface area contributed by atoms with Gasteiger partial charge >= 0.3 is 0 Å². The third-order valence-electron chi connectivity index (χ3n) is 2.37. The van der Waals surface area contributed by atoms with Crippen LogP contribution in [0.2, 0.25) is 0 Å². The molecule has 1 aromatic heterocycles. The Kier molecular flexibility index (Phi) is 2.38. The maximum absolute atomic E-state index is 4.20. The van der Waals surface area contributed by atoms with Gasteiger partial charge in [-0.15, -0.1) is 0 Å². The van der Waals surface area contributed by atoms with Crippen LogP contribution in [-0.2, 0) is 0 Å². The number of benzene rings is 2. The van der Waals surface area contributed by atoms with E-state index in [4.69, 9.17) is 0 Å². The highest BCUT2D eigenvalue weighted by Gasteiger charge is 2.00. The summed E-state index contributed by atoms with van der Waals surface area (Å²) >= 11 is 1.76. The number of hydrogen-bond acceptors (Lipinski definition) is 2. The SMILES string of the molecule is c1ccc(Sc2ccc3nc[nH]c3c2)cc1. The van der Waals surface area contributed by atoms with Crippen molar-refractivity contribution in [2.75, 3.05) is 0 Å². The molecular formula is C13H10N2S. The molecule has 16 heavy (non-hydrogen) atoms. The minimum Gasteiger partial charge on any atom is -0.345 e. The number of hydrogen-bond donors (Lipinski definition) is 1. The maximum atomic E-state index is 4.20. The van der Waals surface area contributed by atoms with Crippen LogP contribution < -0.4 is 0 Å². The molecule has 0 aliphatic heterocycles. The standard InChI is InChI=1S/C13H10N2S/c1-2-4-10(5-3-1)16-11-6-7-12-13(8-11)15-9-14-12/h1-9H,(H,14,15). The van der Waals surface area contributed by atoms with E-state index in [0.717, 1.165) is 11.0 Å². The van der Waals surface area contributed by atoms with Crippen LogP contribution in [0.15, 0.2) is 64.6 Å². The van der Waals surface area contributed by atoms with E-state index in [-0.39, 0.29) is 0 Å². The Morgan fingerprint density at radius 2 is 1.81 bits per heavy atom. The highest BCUT2D eigenvalue weighted by molar-refractivity contribution is 7.99. The van der Waals surface area contributed by atoms with E-state index in [1.165, 1.54) is 9.79 Å². The Labute approximate surface area is 97.7 Å². The van der Waals surface area contributed by atoms with Crippen LogP contribution in [0.3, 0.4) is 0 Å². The van der Waals surface area contributed by atoms with Gasteiger partial charge in [-0.1, -0.05) is 30.0 Å². The van der Waals surface area contributed by atoms with Gasteiger partial charge in [-0.05, 0) is 30.3 Å². The monoisotopic (exact) mass is 226 g/mol. The van der Waals surface area contributed by atoms with Crippen LogP contribution in [0.5, 0.6) is 0 Å². The van der Waals surface area contributed by atoms with Crippen molar-refractivity contribution in [2.24, 2.45) is 0 Å². The summed E-state index contributed by atoms with van der Waals surface area (Å²) in [5.41, 5.74) is 2.10. The number of nitrogens with one attached hydrogen (secondary N) is 1. The van der Waals surface area contributed by atoms with Gasteiger partial charge in [0.2, 0.25) is 0 Å². The van der Waals surface area contributed by atoms with Gasteiger partial charge in [-0.2, -0.15) is 0 Å². The van der Waals surface area contributed by atoms with Crippen molar-refractivity contribution < 1.29 is 0 Å². The minimum atomic E-state index is 1.01. The lowest BCUT2D eigenvalue weighted by Gasteiger charge is -2.00. The van der Waals surface area contributed by atoms with Crippen LogP contribution >= 0.6 is 11.8 Å². The summed E-state index contributed by atoms with van der Waals surface area (Å²) < 4.78 is 0. The molecule has 0 aliphatic carbocycles. The molecule has 78 valence electrons. The normalized spacial score (nSPS) is 10.8. The van der Waals surface area contributed by atoms with Crippen LogP contribution in [0, 0.1) is 0 Å². The van der Waals surface area contributed by atoms with E-state index in [1.54, 1.807) is 18.1 Å². The predicted octanol–water partition coefficient (Wildman–Crippen LogP) is 3.71. The van der Waals surface area contributed by atoms with Crippen molar-refractivity contribution >= 4 is 22.8 Å².